The summed E-state index contributed by atoms with van der Waals surface area (Å²) in [5.74, 6) is -1.97. The van der Waals surface area contributed by atoms with E-state index in [0.29, 0.717) is 11.1 Å². The van der Waals surface area contributed by atoms with Crippen molar-refractivity contribution in [3.05, 3.63) is 39.4 Å². The quantitative estimate of drug-likeness (QED) is 0.378. The lowest BCUT2D eigenvalue weighted by Gasteiger charge is -2.12. The molecular formula is C11H9ClN2O4. The number of alkyl halides is 1. The minimum absolute atomic E-state index is 0.0940. The smallest absolute Gasteiger partial charge is 0.272 e. The van der Waals surface area contributed by atoms with Crippen LogP contribution in [0.5, 0.6) is 0 Å². The van der Waals surface area contributed by atoms with Gasteiger partial charge in [0.05, 0.1) is 10.8 Å². The first-order chi connectivity index (χ1) is 8.43. The lowest BCUT2D eigenvalue weighted by atomic mass is 9.92. The monoisotopic (exact) mass is 268 g/mol. The van der Waals surface area contributed by atoms with Crippen molar-refractivity contribution < 1.29 is 14.5 Å². The standard InChI is InChI=1S/C11H9ClN2O4/c1-5-6(3-2-4-7(5)14(17)18)8-9(12)11(16)13-10(8)15/h2-4,8-9H,1H3,(H,13,15,16). The maximum Gasteiger partial charge on any atom is 0.272 e. The topological polar surface area (TPSA) is 89.3 Å². The SMILES string of the molecule is Cc1c(C2C(=O)NC(=O)C2Cl)cccc1[N+](=O)[O-]. The first-order valence-electron chi connectivity index (χ1n) is 5.16. The molecule has 1 saturated heterocycles. The number of carbonyl (C=O) groups excluding carboxylic acids is 2. The van der Waals surface area contributed by atoms with Crippen LogP contribution in [-0.4, -0.2) is 22.1 Å². The number of nitro groups is 1. The first kappa shape index (κ1) is 12.5. The van der Waals surface area contributed by atoms with E-state index in [9.17, 15) is 19.7 Å². The minimum atomic E-state index is -1.03. The molecule has 2 amide bonds. The molecular weight excluding hydrogens is 260 g/mol. The van der Waals surface area contributed by atoms with E-state index in [1.54, 1.807) is 6.07 Å². The summed E-state index contributed by atoms with van der Waals surface area (Å²) in [6.45, 7) is 1.53. The highest BCUT2D eigenvalue weighted by Crippen LogP contribution is 2.34. The molecule has 2 unspecified atom stereocenters. The Morgan fingerprint density at radius 3 is 2.50 bits per heavy atom. The van der Waals surface area contributed by atoms with E-state index in [1.165, 1.54) is 19.1 Å². The molecule has 1 aromatic rings. The number of nitrogens with one attached hydrogen (secondary N) is 1. The summed E-state index contributed by atoms with van der Waals surface area (Å²) in [4.78, 5) is 33.2. The Kier molecular flexibility index (Phi) is 3.04. The number of carbonyl (C=O) groups is 2. The van der Waals surface area contributed by atoms with Crippen molar-refractivity contribution in [3.8, 4) is 0 Å². The van der Waals surface area contributed by atoms with Crippen molar-refractivity contribution in [1.82, 2.24) is 5.32 Å². The zero-order valence-corrected chi connectivity index (χ0v) is 10.1. The zero-order valence-electron chi connectivity index (χ0n) is 9.34. The van der Waals surface area contributed by atoms with Crippen LogP contribution < -0.4 is 5.32 Å². The number of halogens is 1. The van der Waals surface area contributed by atoms with Gasteiger partial charge in [0.2, 0.25) is 11.8 Å². The van der Waals surface area contributed by atoms with Crippen molar-refractivity contribution in [2.24, 2.45) is 0 Å². The third-order valence-corrected chi connectivity index (χ3v) is 3.40. The summed E-state index contributed by atoms with van der Waals surface area (Å²) in [6.07, 6.45) is 0. The molecule has 18 heavy (non-hydrogen) atoms. The maximum absolute atomic E-state index is 11.6. The molecule has 0 spiro atoms. The van der Waals surface area contributed by atoms with Crippen LogP contribution in [0.4, 0.5) is 5.69 Å². The number of nitro benzene ring substituents is 1. The van der Waals surface area contributed by atoms with Gasteiger partial charge in [0.1, 0.15) is 5.38 Å². The molecule has 0 saturated carbocycles. The molecule has 1 heterocycles. The van der Waals surface area contributed by atoms with Gasteiger partial charge in [0.25, 0.3) is 5.69 Å². The molecule has 6 nitrogen and oxygen atoms in total. The number of nitrogens with zero attached hydrogens (tertiary/aromatic N) is 1. The average molecular weight is 269 g/mol. The third-order valence-electron chi connectivity index (χ3n) is 2.95. The Balaban J connectivity index is 2.52. The van der Waals surface area contributed by atoms with E-state index < -0.39 is 28.0 Å². The highest BCUT2D eigenvalue weighted by atomic mass is 35.5. The summed E-state index contributed by atoms with van der Waals surface area (Å²) in [5.41, 5.74) is 0.666. The van der Waals surface area contributed by atoms with E-state index >= 15 is 0 Å². The van der Waals surface area contributed by atoms with Crippen LogP contribution in [0.1, 0.15) is 17.0 Å². The van der Waals surface area contributed by atoms with Crippen LogP contribution >= 0.6 is 11.6 Å². The molecule has 1 N–H and O–H groups in total. The lowest BCUT2D eigenvalue weighted by Crippen LogP contribution is -2.22. The Bertz CT molecular complexity index is 558. The fraction of sp³-hybridized carbons (Fsp3) is 0.273. The predicted molar refractivity (Wildman–Crippen MR) is 63.4 cm³/mol. The second-order valence-corrected chi connectivity index (χ2v) is 4.45. The Morgan fingerprint density at radius 2 is 2.00 bits per heavy atom. The van der Waals surface area contributed by atoms with Crippen molar-refractivity contribution in [3.63, 3.8) is 0 Å². The van der Waals surface area contributed by atoms with Gasteiger partial charge >= 0.3 is 0 Å². The van der Waals surface area contributed by atoms with E-state index in [-0.39, 0.29) is 5.69 Å². The Labute approximate surface area is 107 Å². The molecule has 1 fully saturated rings. The van der Waals surface area contributed by atoms with Crippen molar-refractivity contribution in [1.29, 1.82) is 0 Å². The van der Waals surface area contributed by atoms with Crippen molar-refractivity contribution in [2.75, 3.05) is 0 Å². The summed E-state index contributed by atoms with van der Waals surface area (Å²) in [5, 5.41) is 11.9. The van der Waals surface area contributed by atoms with Crippen LogP contribution in [-0.2, 0) is 9.59 Å². The van der Waals surface area contributed by atoms with E-state index in [4.69, 9.17) is 11.6 Å². The van der Waals surface area contributed by atoms with Gasteiger partial charge in [0.15, 0.2) is 0 Å². The third kappa shape index (κ3) is 1.84. The predicted octanol–water partition coefficient (Wildman–Crippen LogP) is 1.25. The minimum Gasteiger partial charge on any atom is -0.295 e. The van der Waals surface area contributed by atoms with Gasteiger partial charge in [-0.25, -0.2) is 0 Å². The molecule has 0 aliphatic carbocycles. The van der Waals surface area contributed by atoms with Crippen molar-refractivity contribution in [2.45, 2.75) is 18.2 Å². The van der Waals surface area contributed by atoms with Gasteiger partial charge in [-0.05, 0) is 12.5 Å². The molecule has 0 bridgehead atoms. The summed E-state index contributed by atoms with van der Waals surface area (Å²) in [6, 6.07) is 4.39. The number of hydrogen-bond acceptors (Lipinski definition) is 4. The van der Waals surface area contributed by atoms with Gasteiger partial charge in [-0.15, -0.1) is 11.6 Å². The van der Waals surface area contributed by atoms with Gasteiger partial charge in [-0.2, -0.15) is 0 Å². The van der Waals surface area contributed by atoms with Crippen LogP contribution in [0.3, 0.4) is 0 Å². The highest BCUT2D eigenvalue weighted by Gasteiger charge is 2.42. The second-order valence-electron chi connectivity index (χ2n) is 3.98. The summed E-state index contributed by atoms with van der Waals surface area (Å²) >= 11 is 5.86. The Morgan fingerprint density at radius 1 is 1.33 bits per heavy atom. The number of rotatable bonds is 2. The summed E-state index contributed by atoms with van der Waals surface area (Å²) in [7, 11) is 0. The zero-order chi connectivity index (χ0) is 13.4. The fourth-order valence-corrected chi connectivity index (χ4v) is 2.33. The average Bonchev–Trinajstić information content (AvgIpc) is 2.54. The second kappa shape index (κ2) is 4.38. The van der Waals surface area contributed by atoms with Crippen LogP contribution in [0, 0.1) is 17.0 Å². The van der Waals surface area contributed by atoms with E-state index in [2.05, 4.69) is 5.32 Å². The van der Waals surface area contributed by atoms with Crippen molar-refractivity contribution >= 4 is 29.1 Å². The molecule has 1 aliphatic heterocycles. The molecule has 2 atom stereocenters. The van der Waals surface area contributed by atoms with E-state index in [0.717, 1.165) is 0 Å². The number of amides is 2. The van der Waals surface area contributed by atoms with Crippen LogP contribution in [0.2, 0.25) is 0 Å². The molecule has 0 radical (unpaired) electrons. The number of hydrogen-bond donors (Lipinski definition) is 1. The van der Waals surface area contributed by atoms with Gasteiger partial charge in [-0.3, -0.25) is 25.0 Å². The van der Waals surface area contributed by atoms with Crippen LogP contribution in [0.15, 0.2) is 18.2 Å². The molecule has 1 aromatic carbocycles. The number of imide groups is 1. The Hall–Kier alpha value is -1.95. The fourth-order valence-electron chi connectivity index (χ4n) is 2.03. The summed E-state index contributed by atoms with van der Waals surface area (Å²) < 4.78 is 0. The lowest BCUT2D eigenvalue weighted by molar-refractivity contribution is -0.385. The molecule has 7 heteroatoms. The first-order valence-corrected chi connectivity index (χ1v) is 5.60. The van der Waals surface area contributed by atoms with E-state index in [1.807, 2.05) is 0 Å². The van der Waals surface area contributed by atoms with Gasteiger partial charge in [0, 0.05) is 11.6 Å². The molecule has 94 valence electrons. The number of benzene rings is 1. The molecule has 1 aliphatic rings. The normalized spacial score (nSPS) is 23.0. The molecule has 2 rings (SSSR count). The van der Waals surface area contributed by atoms with Crippen LogP contribution in [0.25, 0.3) is 0 Å². The molecule has 0 aromatic heterocycles. The largest absolute Gasteiger partial charge is 0.295 e. The van der Waals surface area contributed by atoms with Gasteiger partial charge < -0.3 is 0 Å². The van der Waals surface area contributed by atoms with Gasteiger partial charge in [-0.1, -0.05) is 12.1 Å². The maximum atomic E-state index is 11.6. The highest BCUT2D eigenvalue weighted by molar-refractivity contribution is 6.37.